The van der Waals surface area contributed by atoms with E-state index < -0.39 is 36.6 Å². The molecule has 6 atom stereocenters. The minimum absolute atomic E-state index is 0.225. The van der Waals surface area contributed by atoms with Crippen molar-refractivity contribution in [3.05, 3.63) is 18.6 Å². The van der Waals surface area contributed by atoms with Crippen molar-refractivity contribution in [2.24, 2.45) is 5.73 Å². The Morgan fingerprint density at radius 2 is 2.15 bits per heavy atom. The Morgan fingerprint density at radius 1 is 1.41 bits per heavy atom. The molecule has 0 aromatic carbocycles. The molecular formula is C16H24N5O5S+. The molecule has 10 nitrogen and oxygen atoms in total. The van der Waals surface area contributed by atoms with Crippen LogP contribution in [0.1, 0.15) is 12.6 Å². The van der Waals surface area contributed by atoms with Gasteiger partial charge in [-0.1, -0.05) is 0 Å². The molecule has 27 heavy (non-hydrogen) atoms. The number of fused-ring (bicyclic) bond motifs is 1. The van der Waals surface area contributed by atoms with Gasteiger partial charge in [-0.15, -0.1) is 0 Å². The van der Waals surface area contributed by atoms with Gasteiger partial charge in [0.05, 0.1) is 18.3 Å². The zero-order valence-electron chi connectivity index (χ0n) is 14.8. The van der Waals surface area contributed by atoms with Crippen LogP contribution >= 0.6 is 0 Å². The summed E-state index contributed by atoms with van der Waals surface area (Å²) in [5.41, 5.74) is 12.9. The Bertz CT molecular complexity index is 818. The molecule has 0 bridgehead atoms. The van der Waals surface area contributed by atoms with Gasteiger partial charge in [0.2, 0.25) is 0 Å². The number of aliphatic hydroxyl groups is 2. The van der Waals surface area contributed by atoms with Crippen LogP contribution in [0.2, 0.25) is 0 Å². The smallest absolute Gasteiger partial charge is 0.320 e. The molecule has 3 unspecified atom stereocenters. The van der Waals surface area contributed by atoms with E-state index in [0.29, 0.717) is 34.8 Å². The lowest BCUT2D eigenvalue weighted by Gasteiger charge is -2.16. The van der Waals surface area contributed by atoms with Crippen molar-refractivity contribution >= 4 is 33.7 Å². The zero-order chi connectivity index (χ0) is 19.7. The Morgan fingerprint density at radius 3 is 2.85 bits per heavy atom. The van der Waals surface area contributed by atoms with E-state index in [1.54, 1.807) is 16.8 Å². The first-order chi connectivity index (χ1) is 12.8. The molecule has 0 radical (unpaired) electrons. The van der Waals surface area contributed by atoms with Crippen LogP contribution in [0.4, 0.5) is 5.69 Å². The molecule has 3 heterocycles. The highest BCUT2D eigenvalue weighted by molar-refractivity contribution is 7.96. The highest BCUT2D eigenvalue weighted by atomic mass is 32.2. The van der Waals surface area contributed by atoms with Gasteiger partial charge < -0.3 is 31.5 Å². The number of aromatic nitrogens is 3. The summed E-state index contributed by atoms with van der Waals surface area (Å²) in [6, 6.07) is 0.731. The van der Waals surface area contributed by atoms with Crippen LogP contribution in [-0.2, 0) is 20.4 Å². The summed E-state index contributed by atoms with van der Waals surface area (Å²) < 4.78 is 7.47. The number of anilines is 1. The average molecular weight is 398 g/mol. The third kappa shape index (κ3) is 4.01. The Hall–Kier alpha value is -1.92. The van der Waals surface area contributed by atoms with E-state index in [4.69, 9.17) is 21.3 Å². The number of carboxylic acid groups (broad SMARTS) is 1. The number of rotatable bonds is 7. The second-order valence-corrected chi connectivity index (χ2v) is 8.96. The molecule has 2 aromatic heterocycles. The van der Waals surface area contributed by atoms with Crippen LogP contribution in [0.3, 0.4) is 0 Å². The van der Waals surface area contributed by atoms with Crippen LogP contribution in [0.15, 0.2) is 18.6 Å². The van der Waals surface area contributed by atoms with E-state index in [-0.39, 0.29) is 10.9 Å². The molecule has 1 aliphatic heterocycles. The van der Waals surface area contributed by atoms with Gasteiger partial charge in [-0.25, -0.2) is 9.97 Å². The number of aliphatic carboxylic acids is 1. The molecule has 148 valence electrons. The molecule has 0 spiro atoms. The van der Waals surface area contributed by atoms with Crippen molar-refractivity contribution in [1.82, 2.24) is 14.5 Å². The number of hydrogen-bond acceptors (Lipinski definition) is 8. The number of carbonyl (C=O) groups is 1. The molecule has 0 aliphatic carbocycles. The lowest BCUT2D eigenvalue weighted by Crippen LogP contribution is -2.37. The summed E-state index contributed by atoms with van der Waals surface area (Å²) in [5, 5.41) is 29.7. The van der Waals surface area contributed by atoms with Crippen LogP contribution < -0.4 is 11.5 Å². The highest BCUT2D eigenvalue weighted by Crippen LogP contribution is 2.32. The second kappa shape index (κ2) is 7.98. The van der Waals surface area contributed by atoms with Gasteiger partial charge in [0, 0.05) is 12.6 Å². The average Bonchev–Trinajstić information content (AvgIpc) is 3.17. The fraction of sp³-hybridized carbons (Fsp3) is 0.562. The molecule has 11 heteroatoms. The van der Waals surface area contributed by atoms with Crippen LogP contribution in [0, 0.1) is 0 Å². The maximum absolute atomic E-state index is 10.8. The lowest BCUT2D eigenvalue weighted by atomic mass is 10.1. The first kappa shape index (κ1) is 19.8. The quantitative estimate of drug-likeness (QED) is 0.355. The van der Waals surface area contributed by atoms with Gasteiger partial charge in [0.25, 0.3) is 0 Å². The minimum atomic E-state index is -1.14. The zero-order valence-corrected chi connectivity index (χ0v) is 15.6. The van der Waals surface area contributed by atoms with Gasteiger partial charge in [0.1, 0.15) is 41.4 Å². The minimum Gasteiger partial charge on any atom is -0.480 e. The molecule has 1 saturated heterocycles. The van der Waals surface area contributed by atoms with Gasteiger partial charge in [0.15, 0.2) is 11.9 Å². The van der Waals surface area contributed by atoms with E-state index in [1.807, 2.05) is 6.26 Å². The molecule has 2 aromatic rings. The van der Waals surface area contributed by atoms with Crippen LogP contribution in [-0.4, -0.2) is 77.9 Å². The maximum atomic E-state index is 10.8. The predicted octanol–water partition coefficient (Wildman–Crippen LogP) is -1.32. The van der Waals surface area contributed by atoms with Crippen molar-refractivity contribution in [3.8, 4) is 0 Å². The Kier molecular flexibility index (Phi) is 5.86. The number of aliphatic hydroxyl groups excluding tert-OH is 2. The second-order valence-electron chi connectivity index (χ2n) is 6.66. The van der Waals surface area contributed by atoms with Crippen molar-refractivity contribution in [3.63, 3.8) is 0 Å². The highest BCUT2D eigenvalue weighted by Gasteiger charge is 2.46. The summed E-state index contributed by atoms with van der Waals surface area (Å²) in [7, 11) is -0.225. The number of hydrogen-bond donors (Lipinski definition) is 5. The van der Waals surface area contributed by atoms with E-state index in [0.717, 1.165) is 0 Å². The standard InChI is InChI=1S/C16H23N5O5S/c1-27(5-3-9(18)16(24)25)6-10-12(22)13(23)15(26-10)21-7-20-11-8(17)2-4-19-14(11)21/h2,4,7,9-10,12-13,15,22-23H,3,5-6,18H2,1H3,(H2-,17,19,24,25)/p+1/t9?,10-,12?,13+,15-,27?/m1/s1. The van der Waals surface area contributed by atoms with Gasteiger partial charge in [-0.3, -0.25) is 9.36 Å². The third-order valence-corrected chi connectivity index (χ3v) is 6.48. The fourth-order valence-electron chi connectivity index (χ4n) is 3.05. The number of nitrogens with zero attached hydrogens (tertiary/aromatic N) is 3. The number of carboxylic acids is 1. The summed E-state index contributed by atoms with van der Waals surface area (Å²) in [6.07, 6.45) is 1.69. The van der Waals surface area contributed by atoms with Crippen molar-refractivity contribution in [2.45, 2.75) is 37.0 Å². The van der Waals surface area contributed by atoms with E-state index >= 15 is 0 Å². The van der Waals surface area contributed by atoms with E-state index in [1.165, 1.54) is 6.33 Å². The molecule has 1 aliphatic rings. The topological polar surface area (TPSA) is 170 Å². The van der Waals surface area contributed by atoms with Crippen LogP contribution in [0.5, 0.6) is 0 Å². The van der Waals surface area contributed by atoms with Gasteiger partial charge >= 0.3 is 5.97 Å². The van der Waals surface area contributed by atoms with Crippen molar-refractivity contribution in [2.75, 3.05) is 23.5 Å². The number of imidazole rings is 1. The monoisotopic (exact) mass is 398 g/mol. The molecular weight excluding hydrogens is 374 g/mol. The molecule has 0 amide bonds. The molecule has 3 rings (SSSR count). The van der Waals surface area contributed by atoms with E-state index in [2.05, 4.69) is 9.97 Å². The first-order valence-corrected chi connectivity index (χ1v) is 10.4. The summed E-state index contributed by atoms with van der Waals surface area (Å²) >= 11 is 0. The van der Waals surface area contributed by atoms with Gasteiger partial charge in [-0.2, -0.15) is 0 Å². The maximum Gasteiger partial charge on any atom is 0.320 e. The Balaban J connectivity index is 1.68. The SMILES string of the molecule is C[S+](CCC(N)C(=O)O)C[C@H]1O[C@@H](n2cnc3c(N)ccnc32)[C@@H](O)C1O. The third-order valence-electron chi connectivity index (χ3n) is 4.65. The van der Waals surface area contributed by atoms with E-state index in [9.17, 15) is 15.0 Å². The number of ether oxygens (including phenoxy) is 1. The predicted molar refractivity (Wildman–Crippen MR) is 101 cm³/mol. The van der Waals surface area contributed by atoms with Crippen molar-refractivity contribution < 1.29 is 24.9 Å². The molecule has 7 N–H and O–H groups in total. The summed E-state index contributed by atoms with van der Waals surface area (Å²) in [6.45, 7) is 0. The number of nitrogens with two attached hydrogens (primary N) is 2. The largest absolute Gasteiger partial charge is 0.480 e. The van der Waals surface area contributed by atoms with Gasteiger partial charge in [-0.05, 0) is 17.0 Å². The number of pyridine rings is 1. The molecule has 1 fully saturated rings. The Labute approximate surface area is 158 Å². The molecule has 0 saturated carbocycles. The lowest BCUT2D eigenvalue weighted by molar-refractivity contribution is -0.138. The number of nitrogen functional groups attached to an aromatic ring is 1. The van der Waals surface area contributed by atoms with Crippen LogP contribution in [0.25, 0.3) is 11.2 Å². The fourth-order valence-corrected chi connectivity index (χ4v) is 4.71. The first-order valence-electron chi connectivity index (χ1n) is 8.45. The normalized spacial score (nSPS) is 27.7. The summed E-state index contributed by atoms with van der Waals surface area (Å²) in [5.74, 6) is 0.0642. The van der Waals surface area contributed by atoms with Crippen molar-refractivity contribution in [1.29, 1.82) is 0 Å². The summed E-state index contributed by atoms with van der Waals surface area (Å²) in [4.78, 5) is 19.3.